The zero-order valence-corrected chi connectivity index (χ0v) is 12.5. The molecule has 0 bridgehead atoms. The Morgan fingerprint density at radius 1 is 0.857 bits per heavy atom. The molecule has 0 aliphatic carbocycles. The van der Waals surface area contributed by atoms with Gasteiger partial charge in [-0.3, -0.25) is 0 Å². The van der Waals surface area contributed by atoms with Gasteiger partial charge in [0.05, 0.1) is 13.2 Å². The van der Waals surface area contributed by atoms with E-state index in [-0.39, 0.29) is 12.6 Å². The number of rotatable bonds is 5. The number of ether oxygens (including phenoxy) is 4. The Morgan fingerprint density at radius 2 is 1.52 bits per heavy atom. The third-order valence-electron chi connectivity index (χ3n) is 3.90. The number of hydrogen-bond acceptors (Lipinski definition) is 4. The molecule has 0 amide bonds. The summed E-state index contributed by atoms with van der Waals surface area (Å²) in [7, 11) is 0. The van der Waals surface area contributed by atoms with Crippen molar-refractivity contribution in [3.8, 4) is 5.75 Å². The fraction of sp³-hybridized carbons (Fsp3) is 0.647. The van der Waals surface area contributed by atoms with Crippen molar-refractivity contribution < 1.29 is 18.9 Å². The molecule has 1 aromatic rings. The number of hydrogen-bond donors (Lipinski definition) is 0. The second-order valence-electron chi connectivity index (χ2n) is 5.67. The zero-order valence-electron chi connectivity index (χ0n) is 12.5. The van der Waals surface area contributed by atoms with Crippen LogP contribution < -0.4 is 4.74 Å². The summed E-state index contributed by atoms with van der Waals surface area (Å²) in [4.78, 5) is 0. The van der Waals surface area contributed by atoms with E-state index in [0.29, 0.717) is 6.61 Å². The fourth-order valence-corrected chi connectivity index (χ4v) is 2.65. The summed E-state index contributed by atoms with van der Waals surface area (Å²) < 4.78 is 22.7. The molecule has 0 spiro atoms. The Kier molecular flexibility index (Phi) is 5.49. The molecule has 2 fully saturated rings. The first-order valence-electron chi connectivity index (χ1n) is 8.00. The molecule has 4 heteroatoms. The third-order valence-corrected chi connectivity index (χ3v) is 3.90. The largest absolute Gasteiger partial charge is 0.465 e. The van der Waals surface area contributed by atoms with Gasteiger partial charge in [-0.1, -0.05) is 12.1 Å². The second-order valence-corrected chi connectivity index (χ2v) is 5.67. The van der Waals surface area contributed by atoms with Crippen LogP contribution in [0.1, 0.15) is 44.1 Å². The van der Waals surface area contributed by atoms with Gasteiger partial charge in [-0.05, 0) is 49.8 Å². The SMILES string of the molecule is c1cc(OC2CCCCO2)ccc1COC1CCCCO1. The summed E-state index contributed by atoms with van der Waals surface area (Å²) in [5, 5.41) is 0. The average Bonchev–Trinajstić information content (AvgIpc) is 2.56. The predicted octanol–water partition coefficient (Wildman–Crippen LogP) is 3.64. The quantitative estimate of drug-likeness (QED) is 0.830. The maximum atomic E-state index is 5.82. The van der Waals surface area contributed by atoms with Crippen LogP contribution in [0.2, 0.25) is 0 Å². The van der Waals surface area contributed by atoms with Crippen LogP contribution in [0.25, 0.3) is 0 Å². The molecule has 2 aliphatic rings. The first-order chi connectivity index (χ1) is 10.4. The first-order valence-corrected chi connectivity index (χ1v) is 8.00. The molecule has 0 radical (unpaired) electrons. The minimum atomic E-state index is -0.0866. The van der Waals surface area contributed by atoms with Crippen LogP contribution >= 0.6 is 0 Å². The molecule has 2 atom stereocenters. The zero-order chi connectivity index (χ0) is 14.3. The van der Waals surface area contributed by atoms with Gasteiger partial charge in [-0.2, -0.15) is 0 Å². The maximum Gasteiger partial charge on any atom is 0.199 e. The summed E-state index contributed by atoms with van der Waals surface area (Å²) in [6.45, 7) is 2.21. The third kappa shape index (κ3) is 4.70. The lowest BCUT2D eigenvalue weighted by atomic mass is 10.2. The standard InChI is InChI=1S/C17H24O4/c1-3-11-18-16(5-1)20-13-14-7-9-15(10-8-14)21-17-6-2-4-12-19-17/h7-10,16-17H,1-6,11-13H2. The smallest absolute Gasteiger partial charge is 0.199 e. The Balaban J connectivity index is 1.44. The molecular formula is C17H24O4. The van der Waals surface area contributed by atoms with Gasteiger partial charge in [0, 0.05) is 13.0 Å². The van der Waals surface area contributed by atoms with Gasteiger partial charge in [0.1, 0.15) is 5.75 Å². The molecule has 0 N–H and O–H groups in total. The molecule has 2 unspecified atom stereocenters. The summed E-state index contributed by atoms with van der Waals surface area (Å²) in [5.41, 5.74) is 1.14. The van der Waals surface area contributed by atoms with E-state index in [0.717, 1.165) is 50.2 Å². The molecule has 1 aromatic carbocycles. The first kappa shape index (κ1) is 14.8. The average molecular weight is 292 g/mol. The van der Waals surface area contributed by atoms with Gasteiger partial charge in [0.25, 0.3) is 0 Å². The highest BCUT2D eigenvalue weighted by molar-refractivity contribution is 5.27. The van der Waals surface area contributed by atoms with Crippen LogP contribution in [0, 0.1) is 0 Å². The van der Waals surface area contributed by atoms with Gasteiger partial charge in [0.2, 0.25) is 0 Å². The van der Waals surface area contributed by atoms with Gasteiger partial charge in [-0.15, -0.1) is 0 Å². The van der Waals surface area contributed by atoms with Gasteiger partial charge < -0.3 is 18.9 Å². The van der Waals surface area contributed by atoms with E-state index in [9.17, 15) is 0 Å². The predicted molar refractivity (Wildman–Crippen MR) is 79.0 cm³/mol. The lowest BCUT2D eigenvalue weighted by Crippen LogP contribution is -2.25. The van der Waals surface area contributed by atoms with E-state index < -0.39 is 0 Å². The van der Waals surface area contributed by atoms with Crippen molar-refractivity contribution >= 4 is 0 Å². The van der Waals surface area contributed by atoms with Crippen molar-refractivity contribution in [2.75, 3.05) is 13.2 Å². The Hall–Kier alpha value is -1.10. The summed E-state index contributed by atoms with van der Waals surface area (Å²) in [6.07, 6.45) is 6.51. The molecule has 3 rings (SSSR count). The molecule has 21 heavy (non-hydrogen) atoms. The molecule has 2 heterocycles. The molecule has 2 aliphatic heterocycles. The summed E-state index contributed by atoms with van der Waals surface area (Å²) in [5.74, 6) is 0.861. The molecule has 0 aromatic heterocycles. The normalized spacial score (nSPS) is 26.5. The highest BCUT2D eigenvalue weighted by atomic mass is 16.7. The fourth-order valence-electron chi connectivity index (χ4n) is 2.65. The van der Waals surface area contributed by atoms with Gasteiger partial charge in [-0.25, -0.2) is 0 Å². The highest BCUT2D eigenvalue weighted by Gasteiger charge is 2.16. The molecule has 2 saturated heterocycles. The van der Waals surface area contributed by atoms with Crippen molar-refractivity contribution in [3.63, 3.8) is 0 Å². The van der Waals surface area contributed by atoms with E-state index in [1.54, 1.807) is 0 Å². The Labute approximate surface area is 126 Å². The van der Waals surface area contributed by atoms with Crippen LogP contribution in [-0.2, 0) is 20.8 Å². The Bertz CT molecular complexity index is 405. The van der Waals surface area contributed by atoms with E-state index in [2.05, 4.69) is 0 Å². The van der Waals surface area contributed by atoms with Crippen molar-refractivity contribution in [2.24, 2.45) is 0 Å². The van der Waals surface area contributed by atoms with E-state index in [1.807, 2.05) is 24.3 Å². The maximum absolute atomic E-state index is 5.82. The van der Waals surface area contributed by atoms with E-state index in [1.165, 1.54) is 12.8 Å². The van der Waals surface area contributed by atoms with Gasteiger partial charge >= 0.3 is 0 Å². The van der Waals surface area contributed by atoms with E-state index >= 15 is 0 Å². The van der Waals surface area contributed by atoms with Crippen molar-refractivity contribution in [1.82, 2.24) is 0 Å². The molecular weight excluding hydrogens is 268 g/mol. The van der Waals surface area contributed by atoms with Crippen molar-refractivity contribution in [1.29, 1.82) is 0 Å². The van der Waals surface area contributed by atoms with Gasteiger partial charge in [0.15, 0.2) is 12.6 Å². The van der Waals surface area contributed by atoms with E-state index in [4.69, 9.17) is 18.9 Å². The van der Waals surface area contributed by atoms with Crippen LogP contribution in [0.4, 0.5) is 0 Å². The Morgan fingerprint density at radius 3 is 2.14 bits per heavy atom. The lowest BCUT2D eigenvalue weighted by molar-refractivity contribution is -0.168. The second kappa shape index (κ2) is 7.78. The monoisotopic (exact) mass is 292 g/mol. The minimum absolute atomic E-state index is 0.0367. The summed E-state index contributed by atoms with van der Waals surface area (Å²) >= 11 is 0. The summed E-state index contributed by atoms with van der Waals surface area (Å²) in [6, 6.07) is 8.05. The lowest BCUT2D eigenvalue weighted by Gasteiger charge is -2.24. The highest BCUT2D eigenvalue weighted by Crippen LogP contribution is 2.21. The van der Waals surface area contributed by atoms with Crippen molar-refractivity contribution in [2.45, 2.75) is 57.7 Å². The van der Waals surface area contributed by atoms with Crippen molar-refractivity contribution in [3.05, 3.63) is 29.8 Å². The minimum Gasteiger partial charge on any atom is -0.465 e. The number of benzene rings is 1. The topological polar surface area (TPSA) is 36.9 Å². The van der Waals surface area contributed by atoms with Crippen LogP contribution in [-0.4, -0.2) is 25.8 Å². The molecule has 0 saturated carbocycles. The van der Waals surface area contributed by atoms with Crippen LogP contribution in [0.3, 0.4) is 0 Å². The molecule has 4 nitrogen and oxygen atoms in total. The van der Waals surface area contributed by atoms with Crippen LogP contribution in [0.5, 0.6) is 5.75 Å². The molecule has 116 valence electrons. The van der Waals surface area contributed by atoms with Crippen LogP contribution in [0.15, 0.2) is 24.3 Å².